The fraction of sp³-hybridized carbons (Fsp3) is 0.692. The fourth-order valence-electron chi connectivity index (χ4n) is 2.62. The summed E-state index contributed by atoms with van der Waals surface area (Å²) in [5.74, 6) is 0.818. The number of hydrogen-bond acceptors (Lipinski definition) is 3. The molecule has 2 nitrogen and oxygen atoms in total. The lowest BCUT2D eigenvalue weighted by Crippen LogP contribution is -2.45. The fourth-order valence-corrected chi connectivity index (χ4v) is 3.45. The minimum Gasteiger partial charge on any atom is -0.376 e. The molecule has 0 spiro atoms. The molecule has 3 heteroatoms. The monoisotopic (exact) mass is 239 g/mol. The lowest BCUT2D eigenvalue weighted by molar-refractivity contribution is -0.0664. The van der Waals surface area contributed by atoms with Crippen molar-refractivity contribution in [1.29, 1.82) is 0 Å². The highest BCUT2D eigenvalue weighted by Gasteiger charge is 2.40. The molecule has 90 valence electrons. The molecule has 1 saturated carbocycles. The first-order chi connectivity index (χ1) is 7.68. The van der Waals surface area contributed by atoms with Crippen LogP contribution < -0.4 is 5.73 Å². The van der Waals surface area contributed by atoms with Crippen molar-refractivity contribution < 1.29 is 4.74 Å². The summed E-state index contributed by atoms with van der Waals surface area (Å²) < 4.78 is 5.79. The third-order valence-corrected chi connectivity index (χ3v) is 4.90. The first kappa shape index (κ1) is 12.1. The second-order valence-corrected chi connectivity index (χ2v) is 5.92. The van der Waals surface area contributed by atoms with Gasteiger partial charge in [0.2, 0.25) is 0 Å². The minimum absolute atomic E-state index is 0.0324. The van der Waals surface area contributed by atoms with Crippen LogP contribution in [0.5, 0.6) is 0 Å². The molecule has 1 unspecified atom stereocenters. The summed E-state index contributed by atoms with van der Waals surface area (Å²) in [7, 11) is 1.81. The van der Waals surface area contributed by atoms with Crippen LogP contribution in [0.15, 0.2) is 17.5 Å². The highest BCUT2D eigenvalue weighted by atomic mass is 32.1. The summed E-state index contributed by atoms with van der Waals surface area (Å²) >= 11 is 1.73. The van der Waals surface area contributed by atoms with Crippen molar-refractivity contribution in [2.24, 2.45) is 11.7 Å². The van der Waals surface area contributed by atoms with E-state index in [1.54, 1.807) is 11.3 Å². The van der Waals surface area contributed by atoms with Crippen molar-refractivity contribution >= 4 is 11.3 Å². The SMILES string of the molecule is COC1(C(N)c2cccs2)CCC(C)CC1. The highest BCUT2D eigenvalue weighted by molar-refractivity contribution is 7.10. The summed E-state index contributed by atoms with van der Waals surface area (Å²) in [6, 6.07) is 4.22. The van der Waals surface area contributed by atoms with Gasteiger partial charge in [0, 0.05) is 12.0 Å². The van der Waals surface area contributed by atoms with Gasteiger partial charge >= 0.3 is 0 Å². The quantitative estimate of drug-likeness (QED) is 0.878. The summed E-state index contributed by atoms with van der Waals surface area (Å²) in [4.78, 5) is 1.25. The van der Waals surface area contributed by atoms with Crippen molar-refractivity contribution in [2.45, 2.75) is 44.2 Å². The molecule has 1 aromatic rings. The Hall–Kier alpha value is -0.380. The lowest BCUT2D eigenvalue weighted by Gasteiger charge is -2.42. The number of hydrogen-bond donors (Lipinski definition) is 1. The van der Waals surface area contributed by atoms with Crippen LogP contribution in [0.25, 0.3) is 0 Å². The summed E-state index contributed by atoms with van der Waals surface area (Å²) in [6.45, 7) is 2.32. The number of thiophene rings is 1. The van der Waals surface area contributed by atoms with E-state index in [0.29, 0.717) is 0 Å². The Morgan fingerprint density at radius 2 is 2.19 bits per heavy atom. The maximum atomic E-state index is 6.39. The molecule has 0 aliphatic heterocycles. The van der Waals surface area contributed by atoms with Gasteiger partial charge in [-0.25, -0.2) is 0 Å². The Balaban J connectivity index is 2.15. The van der Waals surface area contributed by atoms with E-state index in [4.69, 9.17) is 10.5 Å². The molecule has 2 N–H and O–H groups in total. The predicted octanol–water partition coefficient (Wildman–Crippen LogP) is 3.34. The highest BCUT2D eigenvalue weighted by Crippen LogP contribution is 2.42. The Bertz CT molecular complexity index is 315. The molecule has 2 rings (SSSR count). The number of rotatable bonds is 3. The molecule has 0 bridgehead atoms. The molecule has 16 heavy (non-hydrogen) atoms. The molecule has 1 fully saturated rings. The minimum atomic E-state index is -0.128. The van der Waals surface area contributed by atoms with Gasteiger partial charge in [0.25, 0.3) is 0 Å². The van der Waals surface area contributed by atoms with Crippen LogP contribution in [0.3, 0.4) is 0 Å². The van der Waals surface area contributed by atoms with Crippen LogP contribution in [-0.4, -0.2) is 12.7 Å². The zero-order valence-electron chi connectivity index (χ0n) is 10.1. The van der Waals surface area contributed by atoms with E-state index in [2.05, 4.69) is 24.4 Å². The van der Waals surface area contributed by atoms with E-state index in [1.165, 1.54) is 17.7 Å². The van der Waals surface area contributed by atoms with Crippen LogP contribution in [0.2, 0.25) is 0 Å². The molecular weight excluding hydrogens is 218 g/mol. The van der Waals surface area contributed by atoms with E-state index >= 15 is 0 Å². The summed E-state index contributed by atoms with van der Waals surface area (Å²) in [5.41, 5.74) is 6.26. The van der Waals surface area contributed by atoms with Crippen LogP contribution in [0.1, 0.15) is 43.5 Å². The van der Waals surface area contributed by atoms with E-state index in [1.807, 2.05) is 7.11 Å². The van der Waals surface area contributed by atoms with Crippen molar-refractivity contribution in [2.75, 3.05) is 7.11 Å². The second kappa shape index (κ2) is 4.86. The molecule has 0 aromatic carbocycles. The standard InChI is InChI=1S/C13H21NOS/c1-10-5-7-13(15-2,8-6-10)12(14)11-4-3-9-16-11/h3-4,9-10,12H,5-8,14H2,1-2H3. The Morgan fingerprint density at radius 3 is 2.69 bits per heavy atom. The van der Waals surface area contributed by atoms with E-state index in [-0.39, 0.29) is 11.6 Å². The first-order valence-corrected chi connectivity index (χ1v) is 6.90. The smallest absolute Gasteiger partial charge is 0.0878 e. The van der Waals surface area contributed by atoms with Crippen LogP contribution in [0, 0.1) is 5.92 Å². The first-order valence-electron chi connectivity index (χ1n) is 6.02. The van der Waals surface area contributed by atoms with E-state index < -0.39 is 0 Å². The maximum Gasteiger partial charge on any atom is 0.0878 e. The van der Waals surface area contributed by atoms with Gasteiger partial charge in [-0.1, -0.05) is 13.0 Å². The molecule has 1 heterocycles. The van der Waals surface area contributed by atoms with Crippen LogP contribution >= 0.6 is 11.3 Å². The molecule has 1 aromatic heterocycles. The second-order valence-electron chi connectivity index (χ2n) is 4.94. The van der Waals surface area contributed by atoms with Gasteiger partial charge in [0.15, 0.2) is 0 Å². The molecule has 1 atom stereocenters. The normalized spacial score (nSPS) is 32.6. The van der Waals surface area contributed by atoms with Gasteiger partial charge in [-0.15, -0.1) is 11.3 Å². The van der Waals surface area contributed by atoms with Gasteiger partial charge in [0.1, 0.15) is 0 Å². The third-order valence-electron chi connectivity index (χ3n) is 3.94. The van der Waals surface area contributed by atoms with E-state index in [0.717, 1.165) is 18.8 Å². The summed E-state index contributed by atoms with van der Waals surface area (Å²) in [5, 5.41) is 2.09. The zero-order valence-corrected chi connectivity index (χ0v) is 10.9. The lowest BCUT2D eigenvalue weighted by atomic mass is 9.75. The molecule has 0 amide bonds. The van der Waals surface area contributed by atoms with Gasteiger partial charge in [-0.2, -0.15) is 0 Å². The molecule has 0 radical (unpaired) electrons. The Morgan fingerprint density at radius 1 is 1.50 bits per heavy atom. The third kappa shape index (κ3) is 2.17. The average molecular weight is 239 g/mol. The predicted molar refractivity (Wildman–Crippen MR) is 68.6 cm³/mol. The van der Waals surface area contributed by atoms with Crippen LogP contribution in [0.4, 0.5) is 0 Å². The van der Waals surface area contributed by atoms with Crippen molar-refractivity contribution in [1.82, 2.24) is 0 Å². The number of ether oxygens (including phenoxy) is 1. The Kier molecular flexibility index (Phi) is 3.67. The zero-order chi connectivity index (χ0) is 11.6. The average Bonchev–Trinajstić information content (AvgIpc) is 2.83. The maximum absolute atomic E-state index is 6.39. The van der Waals surface area contributed by atoms with Gasteiger partial charge in [0.05, 0.1) is 11.6 Å². The van der Waals surface area contributed by atoms with Crippen molar-refractivity contribution in [3.63, 3.8) is 0 Å². The number of methoxy groups -OCH3 is 1. The van der Waals surface area contributed by atoms with Gasteiger partial charge in [-0.05, 0) is 43.0 Å². The summed E-state index contributed by atoms with van der Waals surface area (Å²) in [6.07, 6.45) is 4.63. The van der Waals surface area contributed by atoms with Crippen molar-refractivity contribution in [3.05, 3.63) is 22.4 Å². The van der Waals surface area contributed by atoms with Gasteiger partial charge in [-0.3, -0.25) is 0 Å². The van der Waals surface area contributed by atoms with E-state index in [9.17, 15) is 0 Å². The molecule has 1 aliphatic carbocycles. The van der Waals surface area contributed by atoms with Crippen LogP contribution in [-0.2, 0) is 4.74 Å². The number of nitrogens with two attached hydrogens (primary N) is 1. The van der Waals surface area contributed by atoms with Gasteiger partial charge < -0.3 is 10.5 Å². The molecule has 0 saturated heterocycles. The topological polar surface area (TPSA) is 35.2 Å². The molecule has 1 aliphatic rings. The molecular formula is C13H21NOS. The van der Waals surface area contributed by atoms with Crippen molar-refractivity contribution in [3.8, 4) is 0 Å². The largest absolute Gasteiger partial charge is 0.376 e. The Labute approximate surface area is 102 Å².